The largest absolute Gasteiger partial charge is 0.316 e. The molecule has 1 saturated heterocycles. The van der Waals surface area contributed by atoms with Crippen molar-refractivity contribution in [3.05, 3.63) is 29.8 Å². The molecule has 1 aliphatic rings. The van der Waals surface area contributed by atoms with Crippen LogP contribution in [0.3, 0.4) is 0 Å². The number of carbonyl (C=O) groups is 1. The fourth-order valence-electron chi connectivity index (χ4n) is 2.50. The van der Waals surface area contributed by atoms with Crippen LogP contribution < -0.4 is 10.0 Å². The van der Waals surface area contributed by atoms with Crippen molar-refractivity contribution in [2.24, 2.45) is 5.41 Å². The third-order valence-electron chi connectivity index (χ3n) is 3.93. The Morgan fingerprint density at radius 1 is 1.43 bits per heavy atom. The van der Waals surface area contributed by atoms with Crippen molar-refractivity contribution in [2.75, 3.05) is 19.6 Å². The molecule has 1 aliphatic heterocycles. The minimum atomic E-state index is -3.58. The summed E-state index contributed by atoms with van der Waals surface area (Å²) >= 11 is 0. The van der Waals surface area contributed by atoms with Gasteiger partial charge in [0.2, 0.25) is 10.0 Å². The molecule has 0 amide bonds. The fraction of sp³-hybridized carbons (Fsp3) is 0.533. The smallest absolute Gasteiger partial charge is 0.240 e. The van der Waals surface area contributed by atoms with Crippen LogP contribution in [0.15, 0.2) is 29.2 Å². The summed E-state index contributed by atoms with van der Waals surface area (Å²) in [5.74, 6) is -0.143. The first-order valence-corrected chi connectivity index (χ1v) is 8.62. The summed E-state index contributed by atoms with van der Waals surface area (Å²) < 4.78 is 27.4. The van der Waals surface area contributed by atoms with E-state index in [1.54, 1.807) is 12.1 Å². The summed E-state index contributed by atoms with van der Waals surface area (Å²) in [7, 11) is -3.58. The maximum Gasteiger partial charge on any atom is 0.240 e. The van der Waals surface area contributed by atoms with Crippen molar-refractivity contribution in [2.45, 2.75) is 31.6 Å². The van der Waals surface area contributed by atoms with Crippen LogP contribution >= 0.6 is 0 Å². The van der Waals surface area contributed by atoms with Crippen LogP contribution in [0.4, 0.5) is 0 Å². The standard InChI is InChI=1S/C15H22N2O3S/c1-12(18)13-5-3-6-14(9-13)21(19,20)17-11-15(2)7-4-8-16-10-15/h3,5-6,9,16-17H,4,7-8,10-11H2,1-2H3. The predicted octanol–water partition coefficient (Wildman–Crippen LogP) is 1.56. The lowest BCUT2D eigenvalue weighted by Gasteiger charge is -2.34. The molecule has 116 valence electrons. The number of benzene rings is 1. The molecule has 6 heteroatoms. The molecule has 5 nitrogen and oxygen atoms in total. The van der Waals surface area contributed by atoms with Crippen LogP contribution in [0.1, 0.15) is 37.0 Å². The third kappa shape index (κ3) is 4.12. The van der Waals surface area contributed by atoms with Crippen LogP contribution in [0.25, 0.3) is 0 Å². The molecule has 0 spiro atoms. The number of carbonyl (C=O) groups excluding carboxylic acids is 1. The summed E-state index contributed by atoms with van der Waals surface area (Å²) in [6.45, 7) is 5.69. The van der Waals surface area contributed by atoms with Gasteiger partial charge in [-0.3, -0.25) is 4.79 Å². The Morgan fingerprint density at radius 2 is 2.19 bits per heavy atom. The Balaban J connectivity index is 2.11. The van der Waals surface area contributed by atoms with Gasteiger partial charge in [0.15, 0.2) is 5.78 Å². The average Bonchev–Trinajstić information content (AvgIpc) is 2.46. The van der Waals surface area contributed by atoms with E-state index in [4.69, 9.17) is 0 Å². The van der Waals surface area contributed by atoms with Gasteiger partial charge >= 0.3 is 0 Å². The van der Waals surface area contributed by atoms with Crippen molar-refractivity contribution in [1.29, 1.82) is 0 Å². The molecule has 2 N–H and O–H groups in total. The molecule has 1 fully saturated rings. The Morgan fingerprint density at radius 3 is 2.81 bits per heavy atom. The molecular weight excluding hydrogens is 288 g/mol. The van der Waals surface area contributed by atoms with E-state index < -0.39 is 10.0 Å². The fourth-order valence-corrected chi connectivity index (χ4v) is 3.75. The van der Waals surface area contributed by atoms with Crippen LogP contribution in [0.5, 0.6) is 0 Å². The topological polar surface area (TPSA) is 75.3 Å². The normalized spacial score (nSPS) is 23.0. The summed E-state index contributed by atoms with van der Waals surface area (Å²) in [6, 6.07) is 6.14. The van der Waals surface area contributed by atoms with Gasteiger partial charge in [-0.05, 0) is 43.9 Å². The highest BCUT2D eigenvalue weighted by atomic mass is 32.2. The maximum atomic E-state index is 12.3. The molecule has 1 unspecified atom stereocenters. The van der Waals surface area contributed by atoms with Crippen molar-refractivity contribution in [1.82, 2.24) is 10.0 Å². The van der Waals surface area contributed by atoms with Gasteiger partial charge in [-0.2, -0.15) is 0 Å². The monoisotopic (exact) mass is 310 g/mol. The number of sulfonamides is 1. The summed E-state index contributed by atoms with van der Waals surface area (Å²) in [5, 5.41) is 3.30. The van der Waals surface area contributed by atoms with E-state index in [0.717, 1.165) is 25.9 Å². The zero-order chi connectivity index (χ0) is 15.5. The van der Waals surface area contributed by atoms with E-state index in [1.807, 2.05) is 0 Å². The zero-order valence-corrected chi connectivity index (χ0v) is 13.3. The molecule has 0 aromatic heterocycles. The molecular formula is C15H22N2O3S. The molecule has 1 aromatic carbocycles. The Bertz CT molecular complexity index is 620. The number of nitrogens with one attached hydrogen (secondary N) is 2. The highest BCUT2D eigenvalue weighted by Gasteiger charge is 2.28. The van der Waals surface area contributed by atoms with E-state index >= 15 is 0 Å². The van der Waals surface area contributed by atoms with Crippen molar-refractivity contribution in [3.8, 4) is 0 Å². The molecule has 1 heterocycles. The van der Waals surface area contributed by atoms with E-state index in [0.29, 0.717) is 12.1 Å². The first-order chi connectivity index (χ1) is 9.82. The second-order valence-corrected chi connectivity index (χ2v) is 7.77. The Hall–Kier alpha value is -1.24. The number of ketones is 1. The lowest BCUT2D eigenvalue weighted by molar-refractivity contribution is 0.101. The number of rotatable bonds is 5. The highest BCUT2D eigenvalue weighted by molar-refractivity contribution is 7.89. The molecule has 0 aliphatic carbocycles. The predicted molar refractivity (Wildman–Crippen MR) is 81.8 cm³/mol. The van der Waals surface area contributed by atoms with Crippen LogP contribution in [0.2, 0.25) is 0 Å². The molecule has 21 heavy (non-hydrogen) atoms. The lowest BCUT2D eigenvalue weighted by atomic mass is 9.83. The van der Waals surface area contributed by atoms with Crippen LogP contribution in [-0.2, 0) is 10.0 Å². The van der Waals surface area contributed by atoms with Crippen molar-refractivity contribution in [3.63, 3.8) is 0 Å². The number of hydrogen-bond donors (Lipinski definition) is 2. The van der Waals surface area contributed by atoms with Gasteiger partial charge in [0.05, 0.1) is 4.90 Å². The summed E-state index contributed by atoms with van der Waals surface area (Å²) in [5.41, 5.74) is 0.340. The van der Waals surface area contributed by atoms with E-state index in [1.165, 1.54) is 19.1 Å². The molecule has 2 rings (SSSR count). The minimum Gasteiger partial charge on any atom is -0.316 e. The first-order valence-electron chi connectivity index (χ1n) is 7.14. The Kier molecular flexibility index (Phi) is 4.81. The van der Waals surface area contributed by atoms with Gasteiger partial charge in [-0.15, -0.1) is 0 Å². The van der Waals surface area contributed by atoms with E-state index in [-0.39, 0.29) is 16.1 Å². The van der Waals surface area contributed by atoms with Crippen LogP contribution in [0, 0.1) is 5.41 Å². The number of hydrogen-bond acceptors (Lipinski definition) is 4. The number of Topliss-reactive ketones (excluding diaryl/α,β-unsaturated/α-hetero) is 1. The van der Waals surface area contributed by atoms with Crippen molar-refractivity contribution < 1.29 is 13.2 Å². The summed E-state index contributed by atoms with van der Waals surface area (Å²) in [4.78, 5) is 11.5. The minimum absolute atomic E-state index is 0.0660. The van der Waals surface area contributed by atoms with Gasteiger partial charge in [0, 0.05) is 18.7 Å². The quantitative estimate of drug-likeness (QED) is 0.809. The van der Waals surface area contributed by atoms with Gasteiger partial charge < -0.3 is 5.32 Å². The van der Waals surface area contributed by atoms with E-state index in [2.05, 4.69) is 17.0 Å². The number of piperidine rings is 1. The van der Waals surface area contributed by atoms with Gasteiger partial charge in [0.25, 0.3) is 0 Å². The summed E-state index contributed by atoms with van der Waals surface area (Å²) in [6.07, 6.45) is 2.05. The first kappa shape index (κ1) is 16.1. The highest BCUT2D eigenvalue weighted by Crippen LogP contribution is 2.25. The average molecular weight is 310 g/mol. The second-order valence-electron chi connectivity index (χ2n) is 6.00. The molecule has 1 atom stereocenters. The zero-order valence-electron chi connectivity index (χ0n) is 12.5. The SMILES string of the molecule is CC(=O)c1cccc(S(=O)(=O)NCC2(C)CCCNC2)c1. The maximum absolute atomic E-state index is 12.3. The van der Waals surface area contributed by atoms with Crippen LogP contribution in [-0.4, -0.2) is 33.8 Å². The second kappa shape index (κ2) is 6.25. The molecule has 0 saturated carbocycles. The third-order valence-corrected chi connectivity index (χ3v) is 5.32. The van der Waals surface area contributed by atoms with Gasteiger partial charge in [0.1, 0.15) is 0 Å². The molecule has 0 bridgehead atoms. The van der Waals surface area contributed by atoms with Crippen molar-refractivity contribution >= 4 is 15.8 Å². The molecule has 0 radical (unpaired) electrons. The van der Waals surface area contributed by atoms with E-state index in [9.17, 15) is 13.2 Å². The lowest BCUT2D eigenvalue weighted by Crippen LogP contribution is -2.45. The molecule has 1 aromatic rings. The van der Waals surface area contributed by atoms with Gasteiger partial charge in [-0.1, -0.05) is 19.1 Å². The Labute approximate surface area is 126 Å². The van der Waals surface area contributed by atoms with Gasteiger partial charge in [-0.25, -0.2) is 13.1 Å².